The van der Waals surface area contributed by atoms with Gasteiger partial charge in [0.1, 0.15) is 0 Å². The van der Waals surface area contributed by atoms with Gasteiger partial charge >= 0.3 is 0 Å². The fourth-order valence-electron chi connectivity index (χ4n) is 0.558. The number of hydrogen-bond acceptors (Lipinski definition) is 2. The topological polar surface area (TPSA) is 38.0 Å². The molecular weight excluding hydrogens is 124 g/mol. The van der Waals surface area contributed by atoms with Gasteiger partial charge in [-0.25, -0.2) is 0 Å². The van der Waals surface area contributed by atoms with Crippen LogP contribution in [0.15, 0.2) is 12.2 Å². The Kier molecular flexibility index (Phi) is 4.32. The lowest BCUT2D eigenvalue weighted by Gasteiger charge is -2.18. The fourth-order valence-corrected chi connectivity index (χ4v) is 0.558. The van der Waals surface area contributed by atoms with Crippen LogP contribution < -0.4 is 11.1 Å². The molecule has 0 rings (SSSR count). The zero-order valence-corrected chi connectivity index (χ0v) is 7.15. The van der Waals surface area contributed by atoms with Crippen LogP contribution in [0.25, 0.3) is 0 Å². The number of nitrogens with one attached hydrogen (secondary N) is 1. The molecule has 0 aliphatic rings. The summed E-state index contributed by atoms with van der Waals surface area (Å²) >= 11 is 0. The molecule has 2 heteroatoms. The molecule has 0 radical (unpaired) electrons. The molecular formula is C8H18N2. The number of likely N-dealkylation sites (N-methyl/N-ethyl adjacent to an activating group) is 1. The van der Waals surface area contributed by atoms with Gasteiger partial charge in [0.05, 0.1) is 0 Å². The third-order valence-corrected chi connectivity index (χ3v) is 1.51. The van der Waals surface area contributed by atoms with Crippen molar-refractivity contribution in [2.45, 2.75) is 25.8 Å². The molecule has 2 nitrogen and oxygen atoms in total. The fraction of sp³-hybridized carbons (Fsp3) is 0.750. The van der Waals surface area contributed by atoms with E-state index in [1.807, 2.05) is 7.05 Å². The first-order chi connectivity index (χ1) is 4.62. The van der Waals surface area contributed by atoms with Crippen molar-refractivity contribution in [2.75, 3.05) is 13.6 Å². The van der Waals surface area contributed by atoms with Crippen LogP contribution in [0.5, 0.6) is 0 Å². The van der Waals surface area contributed by atoms with Crippen LogP contribution in [0.4, 0.5) is 0 Å². The molecule has 0 aromatic rings. The van der Waals surface area contributed by atoms with Gasteiger partial charge in [-0.1, -0.05) is 12.2 Å². The first-order valence-corrected chi connectivity index (χ1v) is 3.69. The van der Waals surface area contributed by atoms with Gasteiger partial charge in [-0.3, -0.25) is 0 Å². The van der Waals surface area contributed by atoms with Crippen molar-refractivity contribution in [3.63, 3.8) is 0 Å². The van der Waals surface area contributed by atoms with Crippen molar-refractivity contribution >= 4 is 0 Å². The van der Waals surface area contributed by atoms with Crippen LogP contribution in [0.2, 0.25) is 0 Å². The molecule has 0 saturated carbocycles. The first-order valence-electron chi connectivity index (χ1n) is 3.69. The summed E-state index contributed by atoms with van der Waals surface area (Å²) in [6.07, 6.45) is 5.21. The molecule has 0 aromatic carbocycles. The first kappa shape index (κ1) is 9.66. The third kappa shape index (κ3) is 4.53. The van der Waals surface area contributed by atoms with Crippen LogP contribution in [-0.2, 0) is 0 Å². The van der Waals surface area contributed by atoms with Crippen molar-refractivity contribution < 1.29 is 0 Å². The maximum absolute atomic E-state index is 5.33. The zero-order valence-electron chi connectivity index (χ0n) is 7.15. The van der Waals surface area contributed by atoms with E-state index in [1.165, 1.54) is 0 Å². The number of rotatable bonds is 4. The van der Waals surface area contributed by atoms with Gasteiger partial charge < -0.3 is 11.1 Å². The predicted octanol–water partition coefficient (Wildman–Crippen LogP) is 0.889. The normalized spacial score (nSPS) is 12.8. The second-order valence-corrected chi connectivity index (χ2v) is 2.95. The van der Waals surface area contributed by atoms with Crippen molar-refractivity contribution in [1.29, 1.82) is 0 Å². The molecule has 3 N–H and O–H groups in total. The molecule has 0 spiro atoms. The highest BCUT2D eigenvalue weighted by molar-refractivity contribution is 5.00. The lowest BCUT2D eigenvalue weighted by molar-refractivity contribution is 0.526. The predicted molar refractivity (Wildman–Crippen MR) is 46.0 cm³/mol. The Balaban J connectivity index is 3.63. The maximum atomic E-state index is 5.33. The molecule has 0 unspecified atom stereocenters. The van der Waals surface area contributed by atoms with E-state index in [0.717, 1.165) is 13.0 Å². The second kappa shape index (κ2) is 4.47. The van der Waals surface area contributed by atoms with Crippen LogP contribution in [0.3, 0.4) is 0 Å². The van der Waals surface area contributed by atoms with Crippen molar-refractivity contribution in [3.05, 3.63) is 12.2 Å². The Labute approximate surface area is 63.5 Å². The van der Waals surface area contributed by atoms with Crippen LogP contribution in [0.1, 0.15) is 20.3 Å². The average molecular weight is 142 g/mol. The molecule has 0 aromatic heterocycles. The highest BCUT2D eigenvalue weighted by Crippen LogP contribution is 2.02. The molecule has 0 bridgehead atoms. The second-order valence-electron chi connectivity index (χ2n) is 2.95. The smallest absolute Gasteiger partial charge is 0.0304 e. The van der Waals surface area contributed by atoms with Gasteiger partial charge in [-0.2, -0.15) is 0 Å². The summed E-state index contributed by atoms with van der Waals surface area (Å²) in [5.74, 6) is 0. The molecule has 0 aliphatic carbocycles. The maximum Gasteiger partial charge on any atom is 0.0304 e. The van der Waals surface area contributed by atoms with Crippen LogP contribution >= 0.6 is 0 Å². The number of hydrogen-bond donors (Lipinski definition) is 2. The zero-order chi connectivity index (χ0) is 8.04. The molecule has 0 heterocycles. The van der Waals surface area contributed by atoms with Gasteiger partial charge in [0.25, 0.3) is 0 Å². The lowest BCUT2D eigenvalue weighted by Crippen LogP contribution is -2.33. The van der Waals surface area contributed by atoms with E-state index in [4.69, 9.17) is 5.73 Å². The highest BCUT2D eigenvalue weighted by atomic mass is 14.9. The minimum atomic E-state index is 0.106. The summed E-state index contributed by atoms with van der Waals surface area (Å²) in [5, 5.41) is 3.17. The molecule has 60 valence electrons. The van der Waals surface area contributed by atoms with Crippen LogP contribution in [-0.4, -0.2) is 19.1 Å². The average Bonchev–Trinajstić information content (AvgIpc) is 1.89. The van der Waals surface area contributed by atoms with E-state index in [9.17, 15) is 0 Å². The minimum absolute atomic E-state index is 0.106. The SMILES string of the molecule is CNC(C)(C)/C=C\CCN. The summed E-state index contributed by atoms with van der Waals surface area (Å²) in [4.78, 5) is 0. The molecule has 0 aliphatic heterocycles. The summed E-state index contributed by atoms with van der Waals surface area (Å²) in [6, 6.07) is 0. The van der Waals surface area contributed by atoms with Gasteiger partial charge in [-0.05, 0) is 33.9 Å². The van der Waals surface area contributed by atoms with E-state index in [2.05, 4.69) is 31.3 Å². The molecule has 0 fully saturated rings. The van der Waals surface area contributed by atoms with Crippen molar-refractivity contribution in [3.8, 4) is 0 Å². The van der Waals surface area contributed by atoms with Crippen molar-refractivity contribution in [1.82, 2.24) is 5.32 Å². The van der Waals surface area contributed by atoms with Crippen molar-refractivity contribution in [2.24, 2.45) is 5.73 Å². The summed E-state index contributed by atoms with van der Waals surface area (Å²) in [7, 11) is 1.95. The Bertz CT molecular complexity index is 106. The lowest BCUT2D eigenvalue weighted by atomic mass is 10.1. The van der Waals surface area contributed by atoms with Gasteiger partial charge in [-0.15, -0.1) is 0 Å². The van der Waals surface area contributed by atoms with E-state index in [1.54, 1.807) is 0 Å². The Morgan fingerprint density at radius 2 is 2.10 bits per heavy atom. The monoisotopic (exact) mass is 142 g/mol. The largest absolute Gasteiger partial charge is 0.330 e. The van der Waals surface area contributed by atoms with E-state index < -0.39 is 0 Å². The van der Waals surface area contributed by atoms with Gasteiger partial charge in [0.2, 0.25) is 0 Å². The number of nitrogens with two attached hydrogens (primary N) is 1. The Morgan fingerprint density at radius 1 is 1.50 bits per heavy atom. The van der Waals surface area contributed by atoms with Crippen LogP contribution in [0, 0.1) is 0 Å². The van der Waals surface area contributed by atoms with E-state index in [-0.39, 0.29) is 5.54 Å². The standard InChI is InChI=1S/C8H18N2/c1-8(2,10-3)6-4-5-7-9/h4,6,10H,5,7,9H2,1-3H3/b6-4-. The molecule has 0 atom stereocenters. The van der Waals surface area contributed by atoms with Gasteiger partial charge in [0.15, 0.2) is 0 Å². The Hall–Kier alpha value is -0.340. The summed E-state index contributed by atoms with van der Waals surface area (Å²) in [6.45, 7) is 4.98. The molecule has 10 heavy (non-hydrogen) atoms. The summed E-state index contributed by atoms with van der Waals surface area (Å²) in [5.41, 5.74) is 5.43. The van der Waals surface area contributed by atoms with E-state index >= 15 is 0 Å². The molecule has 0 saturated heterocycles. The van der Waals surface area contributed by atoms with E-state index in [0.29, 0.717) is 0 Å². The molecule has 0 amide bonds. The minimum Gasteiger partial charge on any atom is -0.330 e. The highest BCUT2D eigenvalue weighted by Gasteiger charge is 2.07. The van der Waals surface area contributed by atoms with Gasteiger partial charge in [0, 0.05) is 5.54 Å². The summed E-state index contributed by atoms with van der Waals surface area (Å²) < 4.78 is 0. The Morgan fingerprint density at radius 3 is 2.50 bits per heavy atom. The third-order valence-electron chi connectivity index (χ3n) is 1.51. The quantitative estimate of drug-likeness (QED) is 0.572.